The second kappa shape index (κ2) is 10.6. The lowest BCUT2D eigenvalue weighted by Crippen LogP contribution is -2.45. The number of hydrogen-bond donors (Lipinski definition) is 3. The summed E-state index contributed by atoms with van der Waals surface area (Å²) in [5.74, 6) is 4.47. The highest BCUT2D eigenvalue weighted by atomic mass is 127. The second-order valence-corrected chi connectivity index (χ2v) is 11.8. The van der Waals surface area contributed by atoms with Gasteiger partial charge in [0.05, 0.1) is 35.1 Å². The number of pyridine rings is 1. The topological polar surface area (TPSA) is 77.9 Å². The normalized spacial score (nSPS) is 26.9. The SMILES string of the molecule is CNC(=O)C1C[C@@H]1C(=O)NCC#Cc1cc2c(N[C@@H]3CC[C@@H]4CC[C@H]3N4I)cccn2c1SC(F)(F)F. The van der Waals surface area contributed by atoms with E-state index in [9.17, 15) is 22.8 Å². The lowest BCUT2D eigenvalue weighted by molar-refractivity contribution is -0.126. The molecule has 5 rings (SSSR count). The molecular formula is C25H27F3IN5O2S. The molecule has 37 heavy (non-hydrogen) atoms. The lowest BCUT2D eigenvalue weighted by Gasteiger charge is -2.36. The van der Waals surface area contributed by atoms with Crippen LogP contribution in [0.15, 0.2) is 29.4 Å². The number of carbonyl (C=O) groups excluding carboxylic acids is 2. The number of rotatable bonds is 6. The average Bonchev–Trinajstić information content (AvgIpc) is 3.53. The first-order valence-corrected chi connectivity index (χ1v) is 14.0. The third-order valence-corrected chi connectivity index (χ3v) is 9.68. The molecule has 0 aromatic carbocycles. The molecule has 3 fully saturated rings. The predicted octanol–water partition coefficient (Wildman–Crippen LogP) is 4.16. The van der Waals surface area contributed by atoms with Gasteiger partial charge in [-0.2, -0.15) is 13.2 Å². The van der Waals surface area contributed by atoms with Gasteiger partial charge in [-0.15, -0.1) is 0 Å². The largest absolute Gasteiger partial charge is 0.447 e. The van der Waals surface area contributed by atoms with E-state index in [4.69, 9.17) is 0 Å². The number of halogens is 4. The lowest BCUT2D eigenvalue weighted by atomic mass is 9.99. The molecule has 2 bridgehead atoms. The van der Waals surface area contributed by atoms with Crippen LogP contribution in [0.2, 0.25) is 0 Å². The first-order valence-electron chi connectivity index (χ1n) is 12.2. The van der Waals surface area contributed by atoms with E-state index in [0.29, 0.717) is 24.0 Å². The Hall–Kier alpha value is -2.11. The first-order chi connectivity index (χ1) is 17.7. The van der Waals surface area contributed by atoms with Gasteiger partial charge in [-0.25, -0.2) is 3.11 Å². The zero-order valence-corrected chi connectivity index (χ0v) is 23.0. The number of amides is 2. The van der Waals surface area contributed by atoms with Crippen LogP contribution in [0.5, 0.6) is 0 Å². The Morgan fingerprint density at radius 1 is 1.19 bits per heavy atom. The van der Waals surface area contributed by atoms with Gasteiger partial charge in [-0.05, 0) is 50.3 Å². The Morgan fingerprint density at radius 3 is 2.70 bits per heavy atom. The van der Waals surface area contributed by atoms with Crippen molar-refractivity contribution in [3.8, 4) is 11.8 Å². The number of thioether (sulfide) groups is 1. The fourth-order valence-electron chi connectivity index (χ4n) is 5.41. The summed E-state index contributed by atoms with van der Waals surface area (Å²) in [7, 11) is 1.53. The van der Waals surface area contributed by atoms with Crippen LogP contribution in [0.4, 0.5) is 18.9 Å². The number of nitrogens with zero attached hydrogens (tertiary/aromatic N) is 2. The third-order valence-electron chi connectivity index (χ3n) is 7.34. The van der Waals surface area contributed by atoms with E-state index < -0.39 is 5.51 Å². The molecule has 198 valence electrons. The van der Waals surface area contributed by atoms with Crippen molar-refractivity contribution in [1.29, 1.82) is 0 Å². The molecule has 12 heteroatoms. The number of piperidine rings is 1. The van der Waals surface area contributed by atoms with Gasteiger partial charge >= 0.3 is 5.51 Å². The molecule has 2 saturated heterocycles. The number of hydrogen-bond acceptors (Lipinski definition) is 5. The molecular weight excluding hydrogens is 618 g/mol. The van der Waals surface area contributed by atoms with Crippen molar-refractivity contribution in [1.82, 2.24) is 18.1 Å². The smallest absolute Gasteiger partial charge is 0.379 e. The Morgan fingerprint density at radius 2 is 1.95 bits per heavy atom. The molecule has 2 amide bonds. The summed E-state index contributed by atoms with van der Waals surface area (Å²) < 4.78 is 44.3. The molecule has 1 aliphatic carbocycles. The van der Waals surface area contributed by atoms with Gasteiger partial charge in [-0.3, -0.25) is 9.59 Å². The van der Waals surface area contributed by atoms with Gasteiger partial charge in [0, 0.05) is 66.0 Å². The summed E-state index contributed by atoms with van der Waals surface area (Å²) in [6.45, 7) is -0.0142. The second-order valence-electron chi connectivity index (χ2n) is 9.64. The molecule has 3 N–H and O–H groups in total. The molecule has 4 heterocycles. The summed E-state index contributed by atoms with van der Waals surface area (Å²) in [5.41, 5.74) is -2.82. The van der Waals surface area contributed by atoms with Crippen LogP contribution in [0.25, 0.3) is 5.52 Å². The number of nitrogens with one attached hydrogen (secondary N) is 3. The quantitative estimate of drug-likeness (QED) is 0.191. The average molecular weight is 645 g/mol. The van der Waals surface area contributed by atoms with Crippen LogP contribution < -0.4 is 16.0 Å². The molecule has 2 aliphatic heterocycles. The van der Waals surface area contributed by atoms with E-state index in [2.05, 4.69) is 53.8 Å². The van der Waals surface area contributed by atoms with Crippen molar-refractivity contribution in [3.63, 3.8) is 0 Å². The number of anilines is 1. The predicted molar refractivity (Wildman–Crippen MR) is 144 cm³/mol. The first kappa shape index (κ1) is 26.5. The molecule has 1 unspecified atom stereocenters. The Balaban J connectivity index is 1.35. The molecule has 2 aromatic rings. The highest BCUT2D eigenvalue weighted by Crippen LogP contribution is 2.42. The van der Waals surface area contributed by atoms with Crippen molar-refractivity contribution in [2.24, 2.45) is 11.8 Å². The molecule has 7 nitrogen and oxygen atoms in total. The number of alkyl halides is 3. The highest BCUT2D eigenvalue weighted by molar-refractivity contribution is 14.1. The van der Waals surface area contributed by atoms with Crippen molar-refractivity contribution in [2.75, 3.05) is 18.9 Å². The third kappa shape index (κ3) is 5.68. The highest BCUT2D eigenvalue weighted by Gasteiger charge is 2.47. The molecule has 0 spiro atoms. The van der Waals surface area contributed by atoms with Crippen LogP contribution in [0.3, 0.4) is 0 Å². The van der Waals surface area contributed by atoms with Crippen molar-refractivity contribution in [2.45, 2.75) is 60.8 Å². The zero-order chi connectivity index (χ0) is 26.3. The minimum Gasteiger partial charge on any atom is -0.379 e. The standard InChI is InChI=1S/C25H27F3IN5O2S/c1-30-22(35)16-13-17(16)23(36)31-10-2-4-14-12-21-18(5-3-11-33(21)24(14)37-25(26,27)28)32-19-8-6-15-7-9-20(19)34(15)29/h3,5,11-12,15-17,19-20,32H,6-10,13H2,1H3,(H,30,35)(H,31,36)/t15-,16?,17+,19-,20-/m1/s1. The molecule has 1 saturated carbocycles. The minimum atomic E-state index is -4.48. The van der Waals surface area contributed by atoms with E-state index in [1.807, 2.05) is 6.07 Å². The number of carbonyl (C=O) groups is 2. The van der Waals surface area contributed by atoms with Crippen molar-refractivity contribution in [3.05, 3.63) is 30.0 Å². The van der Waals surface area contributed by atoms with Crippen LogP contribution >= 0.6 is 34.6 Å². The summed E-state index contributed by atoms with van der Waals surface area (Å²) in [5, 5.41) is 8.79. The van der Waals surface area contributed by atoms with Gasteiger partial charge in [0.25, 0.3) is 0 Å². The van der Waals surface area contributed by atoms with Crippen LogP contribution in [-0.2, 0) is 9.59 Å². The van der Waals surface area contributed by atoms with Gasteiger partial charge in [-0.1, -0.05) is 11.8 Å². The monoisotopic (exact) mass is 645 g/mol. The van der Waals surface area contributed by atoms with Gasteiger partial charge < -0.3 is 20.4 Å². The zero-order valence-electron chi connectivity index (χ0n) is 20.1. The van der Waals surface area contributed by atoms with E-state index in [-0.39, 0.29) is 58.6 Å². The van der Waals surface area contributed by atoms with E-state index in [1.54, 1.807) is 18.3 Å². The van der Waals surface area contributed by atoms with E-state index in [1.165, 1.54) is 17.9 Å². The molecule has 2 aromatic heterocycles. The van der Waals surface area contributed by atoms with Crippen LogP contribution in [0.1, 0.15) is 37.7 Å². The van der Waals surface area contributed by atoms with E-state index in [0.717, 1.165) is 24.9 Å². The van der Waals surface area contributed by atoms with Crippen molar-refractivity contribution >= 4 is 57.6 Å². The number of aromatic nitrogens is 1. The Bertz CT molecular complexity index is 1270. The summed E-state index contributed by atoms with van der Waals surface area (Å²) >= 11 is 2.21. The summed E-state index contributed by atoms with van der Waals surface area (Å²) in [6.07, 6.45) is 6.52. The maximum absolute atomic E-state index is 13.5. The molecule has 0 radical (unpaired) electrons. The molecule has 3 aliphatic rings. The van der Waals surface area contributed by atoms with Gasteiger partial charge in [0.2, 0.25) is 11.8 Å². The fourth-order valence-corrected chi connectivity index (χ4v) is 7.33. The fraction of sp³-hybridized carbons (Fsp3) is 0.520. The minimum absolute atomic E-state index is 0.00746. The maximum Gasteiger partial charge on any atom is 0.447 e. The van der Waals surface area contributed by atoms with E-state index >= 15 is 0 Å². The Kier molecular flexibility index (Phi) is 7.57. The summed E-state index contributed by atoms with van der Waals surface area (Å²) in [4.78, 5) is 23.8. The van der Waals surface area contributed by atoms with Crippen LogP contribution in [-0.4, -0.2) is 56.6 Å². The molecule has 5 atom stereocenters. The summed E-state index contributed by atoms with van der Waals surface area (Å²) in [6, 6.07) is 6.55. The van der Waals surface area contributed by atoms with Gasteiger partial charge in [0.1, 0.15) is 5.03 Å². The Labute approximate surface area is 231 Å². The maximum atomic E-state index is 13.5. The van der Waals surface area contributed by atoms with Gasteiger partial charge in [0.15, 0.2) is 0 Å². The van der Waals surface area contributed by atoms with Crippen molar-refractivity contribution < 1.29 is 22.8 Å². The number of fused-ring (bicyclic) bond motifs is 3. The van der Waals surface area contributed by atoms with Crippen LogP contribution in [0, 0.1) is 23.7 Å².